The summed E-state index contributed by atoms with van der Waals surface area (Å²) in [6.07, 6.45) is 0. The van der Waals surface area contributed by atoms with E-state index in [1.54, 1.807) is 25.1 Å². The van der Waals surface area contributed by atoms with Crippen LogP contribution in [0.25, 0.3) is 17.1 Å². The Balaban J connectivity index is 1.52. The molecule has 1 aromatic heterocycles. The average molecular weight is 524 g/mol. The third-order valence-corrected chi connectivity index (χ3v) is 6.92. The normalized spacial score (nSPS) is 11.5. The van der Waals surface area contributed by atoms with Gasteiger partial charge in [-0.05, 0) is 50.6 Å². The van der Waals surface area contributed by atoms with Crippen molar-refractivity contribution in [2.75, 3.05) is 5.75 Å². The Bertz CT molecular complexity index is 1380. The molecule has 0 spiro atoms. The molecule has 6 nitrogen and oxygen atoms in total. The molecule has 1 heterocycles. The van der Waals surface area contributed by atoms with Crippen molar-refractivity contribution in [2.24, 2.45) is 5.10 Å². The SMILES string of the molecule is C/C(=N\NC(=O)CSc1nnc(-c2ccc(C)cc2)n1-c1ccc(C)cc1)c1ccc(Cl)c(Cl)c1. The molecule has 0 saturated carbocycles. The Morgan fingerprint density at radius 2 is 1.60 bits per heavy atom. The molecule has 4 rings (SSSR count). The van der Waals surface area contributed by atoms with Crippen LogP contribution in [0.1, 0.15) is 23.6 Å². The molecule has 0 bridgehead atoms. The predicted molar refractivity (Wildman–Crippen MR) is 144 cm³/mol. The lowest BCUT2D eigenvalue weighted by atomic mass is 10.1. The number of rotatable bonds is 7. The van der Waals surface area contributed by atoms with Crippen molar-refractivity contribution in [3.63, 3.8) is 0 Å². The van der Waals surface area contributed by atoms with E-state index in [2.05, 4.69) is 20.7 Å². The van der Waals surface area contributed by atoms with Crippen LogP contribution in [-0.4, -0.2) is 32.1 Å². The third-order valence-electron chi connectivity index (χ3n) is 5.25. The molecule has 1 N–H and O–H groups in total. The first-order chi connectivity index (χ1) is 16.8. The number of aromatic nitrogens is 3. The smallest absolute Gasteiger partial charge is 0.250 e. The maximum Gasteiger partial charge on any atom is 0.250 e. The minimum atomic E-state index is -0.259. The van der Waals surface area contributed by atoms with Crippen molar-refractivity contribution in [3.8, 4) is 17.1 Å². The molecule has 178 valence electrons. The van der Waals surface area contributed by atoms with E-state index in [1.165, 1.54) is 11.8 Å². The number of thioether (sulfide) groups is 1. The molecular weight excluding hydrogens is 501 g/mol. The molecule has 0 saturated heterocycles. The Kier molecular flexibility index (Phi) is 7.90. The molecule has 35 heavy (non-hydrogen) atoms. The quantitative estimate of drug-likeness (QED) is 0.170. The van der Waals surface area contributed by atoms with Gasteiger partial charge in [0, 0.05) is 11.3 Å². The minimum Gasteiger partial charge on any atom is -0.272 e. The van der Waals surface area contributed by atoms with Gasteiger partial charge >= 0.3 is 0 Å². The summed E-state index contributed by atoms with van der Waals surface area (Å²) in [6, 6.07) is 21.4. The molecule has 9 heteroatoms. The highest BCUT2D eigenvalue weighted by Gasteiger charge is 2.17. The fourth-order valence-electron chi connectivity index (χ4n) is 3.27. The van der Waals surface area contributed by atoms with Gasteiger partial charge in [0.1, 0.15) is 0 Å². The van der Waals surface area contributed by atoms with E-state index in [4.69, 9.17) is 23.2 Å². The standard InChI is InChI=1S/C26H23Cl2N5OS/c1-16-4-8-19(9-5-16)25-31-32-26(33(25)21-11-6-17(2)7-12-21)35-15-24(34)30-29-18(3)20-10-13-22(27)23(28)14-20/h4-14H,15H2,1-3H3,(H,30,34)/b29-18+. The number of carbonyl (C=O) groups is 1. The van der Waals surface area contributed by atoms with Gasteiger partial charge < -0.3 is 0 Å². The number of halogens is 2. The first-order valence-corrected chi connectivity index (χ1v) is 12.6. The summed E-state index contributed by atoms with van der Waals surface area (Å²) in [5.74, 6) is 0.575. The first kappa shape index (κ1) is 25.0. The minimum absolute atomic E-state index is 0.121. The second-order valence-corrected chi connectivity index (χ2v) is 9.75. The molecule has 0 aliphatic heterocycles. The highest BCUT2D eigenvalue weighted by atomic mass is 35.5. The van der Waals surface area contributed by atoms with E-state index in [1.807, 2.05) is 66.9 Å². The van der Waals surface area contributed by atoms with Gasteiger partial charge in [-0.15, -0.1) is 10.2 Å². The van der Waals surface area contributed by atoms with Crippen LogP contribution in [-0.2, 0) is 4.79 Å². The Morgan fingerprint density at radius 1 is 0.943 bits per heavy atom. The lowest BCUT2D eigenvalue weighted by molar-refractivity contribution is -0.118. The first-order valence-electron chi connectivity index (χ1n) is 10.8. The van der Waals surface area contributed by atoms with Crippen LogP contribution in [0.3, 0.4) is 0 Å². The Hall–Kier alpha value is -3.13. The van der Waals surface area contributed by atoms with Crippen molar-refractivity contribution in [1.29, 1.82) is 0 Å². The van der Waals surface area contributed by atoms with E-state index in [0.29, 0.717) is 26.7 Å². The van der Waals surface area contributed by atoms with Crippen LogP contribution >= 0.6 is 35.0 Å². The van der Waals surface area contributed by atoms with Gasteiger partial charge in [0.05, 0.1) is 21.5 Å². The van der Waals surface area contributed by atoms with Crippen LogP contribution in [0.2, 0.25) is 10.0 Å². The lowest BCUT2D eigenvalue weighted by Crippen LogP contribution is -2.21. The van der Waals surface area contributed by atoms with Crippen LogP contribution in [0.5, 0.6) is 0 Å². The molecule has 0 unspecified atom stereocenters. The number of aryl methyl sites for hydroxylation is 2. The number of carbonyl (C=O) groups excluding carboxylic acids is 1. The van der Waals surface area contributed by atoms with Gasteiger partial charge in [-0.3, -0.25) is 9.36 Å². The van der Waals surface area contributed by atoms with E-state index >= 15 is 0 Å². The number of hydrogen-bond acceptors (Lipinski definition) is 5. The maximum absolute atomic E-state index is 12.5. The largest absolute Gasteiger partial charge is 0.272 e. The molecule has 0 aliphatic rings. The zero-order valence-electron chi connectivity index (χ0n) is 19.4. The fraction of sp³-hybridized carbons (Fsp3) is 0.154. The van der Waals surface area contributed by atoms with E-state index in [-0.39, 0.29) is 11.7 Å². The summed E-state index contributed by atoms with van der Waals surface area (Å²) in [5.41, 5.74) is 8.17. The van der Waals surface area contributed by atoms with Gasteiger partial charge in [-0.2, -0.15) is 5.10 Å². The number of amides is 1. The molecule has 3 aromatic carbocycles. The number of benzene rings is 3. The molecule has 0 atom stereocenters. The van der Waals surface area contributed by atoms with Crippen LogP contribution in [0.4, 0.5) is 0 Å². The lowest BCUT2D eigenvalue weighted by Gasteiger charge is -2.11. The van der Waals surface area contributed by atoms with Gasteiger partial charge in [0.2, 0.25) is 0 Å². The molecule has 0 radical (unpaired) electrons. The van der Waals surface area contributed by atoms with Crippen LogP contribution in [0, 0.1) is 13.8 Å². The molecule has 4 aromatic rings. The molecule has 1 amide bonds. The highest BCUT2D eigenvalue weighted by Crippen LogP contribution is 2.28. The summed E-state index contributed by atoms with van der Waals surface area (Å²) in [4.78, 5) is 12.5. The van der Waals surface area contributed by atoms with Crippen molar-refractivity contribution in [1.82, 2.24) is 20.2 Å². The predicted octanol–water partition coefficient (Wildman–Crippen LogP) is 6.49. The number of nitrogens with zero attached hydrogens (tertiary/aromatic N) is 4. The summed E-state index contributed by atoms with van der Waals surface area (Å²) in [7, 11) is 0. The van der Waals surface area contributed by atoms with Crippen molar-refractivity contribution in [3.05, 3.63) is 93.5 Å². The monoisotopic (exact) mass is 523 g/mol. The second kappa shape index (κ2) is 11.1. The van der Waals surface area contributed by atoms with Crippen LogP contribution in [0.15, 0.2) is 77.0 Å². The van der Waals surface area contributed by atoms with Gasteiger partial charge in [0.25, 0.3) is 5.91 Å². The number of hydrazone groups is 1. The van der Waals surface area contributed by atoms with Gasteiger partial charge in [-0.1, -0.05) is 88.6 Å². The average Bonchev–Trinajstić information content (AvgIpc) is 3.27. The van der Waals surface area contributed by atoms with E-state index in [0.717, 1.165) is 27.9 Å². The van der Waals surface area contributed by atoms with Gasteiger partial charge in [0.15, 0.2) is 11.0 Å². The summed E-state index contributed by atoms with van der Waals surface area (Å²) >= 11 is 13.3. The topological polar surface area (TPSA) is 72.2 Å². The zero-order valence-corrected chi connectivity index (χ0v) is 21.7. The fourth-order valence-corrected chi connectivity index (χ4v) is 4.32. The zero-order chi connectivity index (χ0) is 24.9. The number of hydrogen-bond donors (Lipinski definition) is 1. The second-order valence-electron chi connectivity index (χ2n) is 7.99. The van der Waals surface area contributed by atoms with Crippen molar-refractivity contribution >= 4 is 46.6 Å². The maximum atomic E-state index is 12.5. The number of nitrogens with one attached hydrogen (secondary N) is 1. The van der Waals surface area contributed by atoms with E-state index < -0.39 is 0 Å². The summed E-state index contributed by atoms with van der Waals surface area (Å²) in [5, 5.41) is 14.5. The Morgan fingerprint density at radius 3 is 2.26 bits per heavy atom. The van der Waals surface area contributed by atoms with Crippen molar-refractivity contribution < 1.29 is 4.79 Å². The summed E-state index contributed by atoms with van der Waals surface area (Å²) < 4.78 is 1.96. The highest BCUT2D eigenvalue weighted by molar-refractivity contribution is 7.99. The van der Waals surface area contributed by atoms with Crippen molar-refractivity contribution in [2.45, 2.75) is 25.9 Å². The molecule has 0 fully saturated rings. The van der Waals surface area contributed by atoms with Gasteiger partial charge in [-0.25, -0.2) is 5.43 Å². The Labute approximate surface area is 218 Å². The van der Waals surface area contributed by atoms with Crippen LogP contribution < -0.4 is 5.43 Å². The summed E-state index contributed by atoms with van der Waals surface area (Å²) in [6.45, 7) is 5.87. The van der Waals surface area contributed by atoms with E-state index in [9.17, 15) is 4.79 Å². The third kappa shape index (κ3) is 6.11. The molecular formula is C26H23Cl2N5OS. The molecule has 0 aliphatic carbocycles.